The molecule has 0 fully saturated rings. The molecule has 64 valence electrons. The minimum Gasteiger partial charge on any atom is -0.477 e. The van der Waals surface area contributed by atoms with Crippen LogP contribution in [0.2, 0.25) is 0 Å². The second kappa shape index (κ2) is 4.64. The van der Waals surface area contributed by atoms with Gasteiger partial charge in [0.1, 0.15) is 0 Å². The van der Waals surface area contributed by atoms with Crippen LogP contribution >= 0.6 is 0 Å². The maximum Gasteiger partial charge on any atom is 0.353 e. The van der Waals surface area contributed by atoms with Gasteiger partial charge in [0.15, 0.2) is 5.71 Å². The maximum absolute atomic E-state index is 10.1. The lowest BCUT2D eigenvalue weighted by Crippen LogP contribution is -2.26. The fourth-order valence-corrected chi connectivity index (χ4v) is 0.477. The van der Waals surface area contributed by atoms with Crippen molar-refractivity contribution in [2.75, 3.05) is 6.54 Å². The van der Waals surface area contributed by atoms with Crippen molar-refractivity contribution >= 4 is 11.7 Å². The van der Waals surface area contributed by atoms with Crippen LogP contribution in [-0.4, -0.2) is 39.8 Å². The molecule has 0 aromatic rings. The molecule has 0 aliphatic rings. The van der Waals surface area contributed by atoms with E-state index in [4.69, 9.17) is 21.2 Å². The number of carboxylic acids is 1. The average molecular weight is 162 g/mol. The molecule has 0 aliphatic carbocycles. The lowest BCUT2D eigenvalue weighted by atomic mass is 10.2. The Morgan fingerprint density at radius 2 is 2.18 bits per heavy atom. The fourth-order valence-electron chi connectivity index (χ4n) is 0.477. The van der Waals surface area contributed by atoms with Crippen LogP contribution in [0, 0.1) is 0 Å². The Balaban J connectivity index is 4.00. The summed E-state index contributed by atoms with van der Waals surface area (Å²) < 4.78 is 0. The normalized spacial score (nSPS) is 14.5. The van der Waals surface area contributed by atoms with Crippen LogP contribution in [0.1, 0.15) is 6.42 Å². The van der Waals surface area contributed by atoms with Crippen molar-refractivity contribution < 1.29 is 20.2 Å². The van der Waals surface area contributed by atoms with Crippen LogP contribution in [0.5, 0.6) is 0 Å². The Labute approximate surface area is 62.9 Å². The zero-order valence-electron chi connectivity index (χ0n) is 5.77. The highest BCUT2D eigenvalue weighted by Gasteiger charge is 2.14. The molecule has 5 N–H and O–H groups in total. The van der Waals surface area contributed by atoms with Crippen LogP contribution in [0.3, 0.4) is 0 Å². The molecule has 0 aromatic carbocycles. The summed E-state index contributed by atoms with van der Waals surface area (Å²) in [6, 6.07) is 0. The van der Waals surface area contributed by atoms with Gasteiger partial charge in [0.2, 0.25) is 0 Å². The van der Waals surface area contributed by atoms with Gasteiger partial charge < -0.3 is 21.2 Å². The van der Waals surface area contributed by atoms with Crippen LogP contribution in [0.15, 0.2) is 5.16 Å². The molecule has 0 aliphatic heterocycles. The third kappa shape index (κ3) is 3.54. The second-order valence-corrected chi connectivity index (χ2v) is 1.95. The average Bonchev–Trinajstić information content (AvgIpc) is 1.99. The minimum absolute atomic E-state index is 0.0632. The van der Waals surface area contributed by atoms with Crippen molar-refractivity contribution in [1.82, 2.24) is 0 Å². The largest absolute Gasteiger partial charge is 0.477 e. The fraction of sp³-hybridized carbons (Fsp3) is 0.600. The molecule has 0 rings (SSSR count). The van der Waals surface area contributed by atoms with E-state index in [0.717, 1.165) is 0 Å². The van der Waals surface area contributed by atoms with Gasteiger partial charge in [0.25, 0.3) is 0 Å². The van der Waals surface area contributed by atoms with Gasteiger partial charge in [-0.1, -0.05) is 5.16 Å². The first-order valence-corrected chi connectivity index (χ1v) is 2.94. The van der Waals surface area contributed by atoms with E-state index in [1.54, 1.807) is 0 Å². The summed E-state index contributed by atoms with van der Waals surface area (Å²) in [5, 5.41) is 27.7. The highest BCUT2D eigenvalue weighted by Crippen LogP contribution is 1.92. The molecule has 0 heterocycles. The third-order valence-corrected chi connectivity index (χ3v) is 1.07. The molecule has 0 radical (unpaired) electrons. The zero-order chi connectivity index (χ0) is 8.85. The molecule has 0 bridgehead atoms. The number of aliphatic hydroxyl groups excluding tert-OH is 1. The first-order chi connectivity index (χ1) is 5.11. The number of rotatable bonds is 4. The predicted molar refractivity (Wildman–Crippen MR) is 36.5 cm³/mol. The van der Waals surface area contributed by atoms with E-state index < -0.39 is 17.8 Å². The SMILES string of the molecule is NCC(O)CC(=NO)C(=O)O. The van der Waals surface area contributed by atoms with Crippen molar-refractivity contribution in [3.05, 3.63) is 0 Å². The molecule has 0 aromatic heterocycles. The summed E-state index contributed by atoms with van der Waals surface area (Å²) in [6.07, 6.45) is -1.22. The van der Waals surface area contributed by atoms with Crippen molar-refractivity contribution in [2.45, 2.75) is 12.5 Å². The van der Waals surface area contributed by atoms with Gasteiger partial charge in [-0.05, 0) is 0 Å². The lowest BCUT2D eigenvalue weighted by molar-refractivity contribution is -0.129. The van der Waals surface area contributed by atoms with Gasteiger partial charge in [-0.3, -0.25) is 0 Å². The summed E-state index contributed by atoms with van der Waals surface area (Å²) in [4.78, 5) is 10.1. The molecular formula is C5H10N2O4. The van der Waals surface area contributed by atoms with Gasteiger partial charge >= 0.3 is 5.97 Å². The second-order valence-electron chi connectivity index (χ2n) is 1.95. The highest BCUT2D eigenvalue weighted by atomic mass is 16.4. The number of hydrogen-bond acceptors (Lipinski definition) is 5. The molecular weight excluding hydrogens is 152 g/mol. The summed E-state index contributed by atoms with van der Waals surface area (Å²) >= 11 is 0. The van der Waals surface area contributed by atoms with Crippen LogP contribution in [0.25, 0.3) is 0 Å². The standard InChI is InChI=1S/C5H10N2O4/c6-2-3(8)1-4(7-11)5(9)10/h3,8,11H,1-2,6H2,(H,9,10). The van der Waals surface area contributed by atoms with Gasteiger partial charge in [-0.15, -0.1) is 0 Å². The van der Waals surface area contributed by atoms with Crippen molar-refractivity contribution in [3.8, 4) is 0 Å². The number of nitrogens with two attached hydrogens (primary N) is 1. The Bertz CT molecular complexity index is 168. The maximum atomic E-state index is 10.1. The Kier molecular flexibility index (Phi) is 4.16. The van der Waals surface area contributed by atoms with Crippen LogP contribution < -0.4 is 5.73 Å². The molecule has 0 saturated heterocycles. The van der Waals surface area contributed by atoms with E-state index in [2.05, 4.69) is 5.16 Å². The van der Waals surface area contributed by atoms with Gasteiger partial charge in [0, 0.05) is 13.0 Å². The smallest absolute Gasteiger partial charge is 0.353 e. The molecule has 6 heteroatoms. The van der Waals surface area contributed by atoms with E-state index in [-0.39, 0.29) is 13.0 Å². The van der Waals surface area contributed by atoms with E-state index in [0.29, 0.717) is 0 Å². The zero-order valence-corrected chi connectivity index (χ0v) is 5.77. The summed E-state index contributed by atoms with van der Waals surface area (Å²) in [7, 11) is 0. The molecule has 0 amide bonds. The predicted octanol–water partition coefficient (Wildman–Crippen LogP) is -1.39. The van der Waals surface area contributed by atoms with Crippen molar-refractivity contribution in [1.29, 1.82) is 0 Å². The van der Waals surface area contributed by atoms with E-state index in [1.165, 1.54) is 0 Å². The lowest BCUT2D eigenvalue weighted by Gasteiger charge is -2.04. The molecule has 0 saturated carbocycles. The van der Waals surface area contributed by atoms with E-state index in [1.807, 2.05) is 0 Å². The summed E-state index contributed by atoms with van der Waals surface area (Å²) in [5.74, 6) is -1.36. The van der Waals surface area contributed by atoms with Crippen LogP contribution in [0.4, 0.5) is 0 Å². The first-order valence-electron chi connectivity index (χ1n) is 2.94. The Hall–Kier alpha value is -1.14. The molecule has 1 unspecified atom stereocenters. The van der Waals surface area contributed by atoms with Crippen molar-refractivity contribution in [3.63, 3.8) is 0 Å². The van der Waals surface area contributed by atoms with Gasteiger partial charge in [-0.2, -0.15) is 0 Å². The highest BCUT2D eigenvalue weighted by molar-refractivity contribution is 6.35. The number of oxime groups is 1. The van der Waals surface area contributed by atoms with Crippen LogP contribution in [-0.2, 0) is 4.79 Å². The monoisotopic (exact) mass is 162 g/mol. The quantitative estimate of drug-likeness (QED) is 0.231. The third-order valence-electron chi connectivity index (χ3n) is 1.07. The minimum atomic E-state index is -1.36. The Morgan fingerprint density at radius 1 is 1.64 bits per heavy atom. The van der Waals surface area contributed by atoms with Gasteiger partial charge in [-0.25, -0.2) is 4.79 Å². The van der Waals surface area contributed by atoms with Gasteiger partial charge in [0.05, 0.1) is 6.10 Å². The molecule has 1 atom stereocenters. The first kappa shape index (κ1) is 9.86. The number of carboxylic acid groups (broad SMARTS) is 1. The van der Waals surface area contributed by atoms with Crippen molar-refractivity contribution in [2.24, 2.45) is 10.9 Å². The van der Waals surface area contributed by atoms with E-state index >= 15 is 0 Å². The number of hydrogen-bond donors (Lipinski definition) is 4. The molecule has 0 spiro atoms. The number of aliphatic carboxylic acids is 1. The van der Waals surface area contributed by atoms with E-state index in [9.17, 15) is 4.79 Å². The molecule has 6 nitrogen and oxygen atoms in total. The summed E-state index contributed by atoms with van der Waals surface area (Å²) in [6.45, 7) is -0.0632. The number of carbonyl (C=O) groups is 1. The number of aliphatic hydroxyl groups is 1. The Morgan fingerprint density at radius 3 is 2.45 bits per heavy atom. The topological polar surface area (TPSA) is 116 Å². The molecule has 11 heavy (non-hydrogen) atoms. The summed E-state index contributed by atoms with van der Waals surface area (Å²) in [5.41, 5.74) is 4.50. The number of nitrogens with zero attached hydrogens (tertiary/aromatic N) is 1.